The van der Waals surface area contributed by atoms with E-state index in [1.165, 1.54) is 18.2 Å². The molecular formula is C19H16ClFN2O4S. The number of carbonyl (C=O) groups is 1. The van der Waals surface area contributed by atoms with Gasteiger partial charge in [-0.15, -0.1) is 0 Å². The van der Waals surface area contributed by atoms with Crippen molar-refractivity contribution in [3.05, 3.63) is 59.0 Å². The molecule has 3 aromatic rings. The first kappa shape index (κ1) is 20.0. The maximum atomic E-state index is 14.0. The van der Waals surface area contributed by atoms with E-state index in [0.29, 0.717) is 27.9 Å². The molecule has 1 aromatic heterocycles. The smallest absolute Gasteiger partial charge is 0.303 e. The number of halogens is 2. The van der Waals surface area contributed by atoms with Crippen molar-refractivity contribution in [2.75, 3.05) is 5.94 Å². The van der Waals surface area contributed by atoms with Crippen LogP contribution in [-0.2, 0) is 19.4 Å². The molecule has 0 unspecified atom stereocenters. The Morgan fingerprint density at radius 3 is 2.43 bits per heavy atom. The summed E-state index contributed by atoms with van der Waals surface area (Å²) in [5.41, 5.74) is 2.70. The normalized spacial score (nSPS) is 11.4. The number of sulfone groups is 1. The predicted octanol–water partition coefficient (Wildman–Crippen LogP) is 4.14. The Morgan fingerprint density at radius 1 is 1.18 bits per heavy atom. The monoisotopic (exact) mass is 422 g/mol. The van der Waals surface area contributed by atoms with Crippen molar-refractivity contribution in [2.45, 2.75) is 18.7 Å². The summed E-state index contributed by atoms with van der Waals surface area (Å²) in [6.45, 7) is 2.79. The van der Waals surface area contributed by atoms with Crippen molar-refractivity contribution in [2.24, 2.45) is 0 Å². The van der Waals surface area contributed by atoms with Gasteiger partial charge in [-0.25, -0.2) is 12.8 Å². The molecule has 0 spiro atoms. The number of ether oxygens (including phenoxy) is 1. The quantitative estimate of drug-likeness (QED) is 0.624. The third-order valence-corrected chi connectivity index (χ3v) is 5.79. The van der Waals surface area contributed by atoms with E-state index >= 15 is 0 Å². The minimum absolute atomic E-state index is 0.00559. The van der Waals surface area contributed by atoms with E-state index in [4.69, 9.17) is 11.6 Å². The molecule has 6 nitrogen and oxygen atoms in total. The highest BCUT2D eigenvalue weighted by Crippen LogP contribution is 2.36. The zero-order valence-corrected chi connectivity index (χ0v) is 16.6. The molecule has 0 amide bonds. The van der Waals surface area contributed by atoms with Crippen LogP contribution in [0.1, 0.15) is 12.5 Å². The number of benzene rings is 2. The molecule has 0 atom stereocenters. The number of aromatic amines is 1. The van der Waals surface area contributed by atoms with Gasteiger partial charge in [0.05, 0.1) is 10.6 Å². The lowest BCUT2D eigenvalue weighted by Gasteiger charge is -2.08. The largest absolute Gasteiger partial charge is 0.449 e. The standard InChI is InChI=1S/C19H16ClFN2O4S/c1-11-3-4-14(9-16(11)21)17-18(22-23-19(17)20)13-5-7-15(8-6-13)28(25,26)10-27-12(2)24/h3-9H,10H2,1-2H3,(H,22,23). The lowest BCUT2D eigenvalue weighted by Crippen LogP contribution is -2.12. The number of carbonyl (C=O) groups excluding carboxylic acids is 1. The van der Waals surface area contributed by atoms with Gasteiger partial charge in [0, 0.05) is 18.1 Å². The molecule has 3 rings (SSSR count). The van der Waals surface area contributed by atoms with Crippen LogP contribution in [0, 0.1) is 12.7 Å². The first-order valence-corrected chi connectivity index (χ1v) is 10.2. The Bertz CT molecular complexity index is 1140. The molecule has 1 heterocycles. The summed E-state index contributed by atoms with van der Waals surface area (Å²) in [4.78, 5) is 10.8. The molecule has 0 fully saturated rings. The minimum Gasteiger partial charge on any atom is -0.449 e. The summed E-state index contributed by atoms with van der Waals surface area (Å²) in [6.07, 6.45) is 0. The number of nitrogens with one attached hydrogen (secondary N) is 1. The van der Waals surface area contributed by atoms with Gasteiger partial charge in [0.1, 0.15) is 5.82 Å². The fourth-order valence-electron chi connectivity index (χ4n) is 2.60. The molecule has 0 bridgehead atoms. The molecule has 2 aromatic carbocycles. The van der Waals surface area contributed by atoms with Gasteiger partial charge in [-0.1, -0.05) is 35.9 Å². The number of esters is 1. The van der Waals surface area contributed by atoms with Crippen LogP contribution in [-0.4, -0.2) is 30.5 Å². The number of aromatic nitrogens is 2. The van der Waals surface area contributed by atoms with E-state index in [2.05, 4.69) is 14.9 Å². The second-order valence-electron chi connectivity index (χ2n) is 6.12. The first-order valence-electron chi connectivity index (χ1n) is 8.16. The second-order valence-corrected chi connectivity index (χ2v) is 8.42. The van der Waals surface area contributed by atoms with E-state index in [-0.39, 0.29) is 15.9 Å². The molecule has 0 aliphatic carbocycles. The highest BCUT2D eigenvalue weighted by atomic mass is 35.5. The Labute approximate surface area is 166 Å². The summed E-state index contributed by atoms with van der Waals surface area (Å²) < 4.78 is 42.9. The summed E-state index contributed by atoms with van der Waals surface area (Å²) in [5.74, 6) is -1.78. The number of hydrogen-bond donors (Lipinski definition) is 1. The van der Waals surface area contributed by atoms with Crippen LogP contribution in [0.15, 0.2) is 47.4 Å². The molecule has 9 heteroatoms. The van der Waals surface area contributed by atoms with Crippen LogP contribution in [0.4, 0.5) is 4.39 Å². The van der Waals surface area contributed by atoms with Crippen LogP contribution in [0.25, 0.3) is 22.4 Å². The van der Waals surface area contributed by atoms with Crippen LogP contribution in [0.5, 0.6) is 0 Å². The average Bonchev–Trinajstić information content (AvgIpc) is 3.04. The molecule has 28 heavy (non-hydrogen) atoms. The fourth-order valence-corrected chi connectivity index (χ4v) is 3.85. The molecule has 0 aliphatic heterocycles. The summed E-state index contributed by atoms with van der Waals surface area (Å²) in [5, 5.41) is 6.95. The molecule has 0 saturated heterocycles. The van der Waals surface area contributed by atoms with Gasteiger partial charge in [-0.2, -0.15) is 5.10 Å². The predicted molar refractivity (Wildman–Crippen MR) is 103 cm³/mol. The molecule has 1 N–H and O–H groups in total. The van der Waals surface area contributed by atoms with Crippen molar-refractivity contribution in [3.63, 3.8) is 0 Å². The number of nitrogens with zero attached hydrogens (tertiary/aromatic N) is 1. The Morgan fingerprint density at radius 2 is 1.82 bits per heavy atom. The van der Waals surface area contributed by atoms with Crippen LogP contribution in [0.3, 0.4) is 0 Å². The first-order chi connectivity index (χ1) is 13.2. The Hall–Kier alpha value is -2.71. The maximum absolute atomic E-state index is 14.0. The summed E-state index contributed by atoms with van der Waals surface area (Å²) in [6, 6.07) is 10.7. The number of rotatable bonds is 5. The van der Waals surface area contributed by atoms with Crippen molar-refractivity contribution in [1.82, 2.24) is 10.2 Å². The Kier molecular flexibility index (Phi) is 5.53. The molecular weight excluding hydrogens is 407 g/mol. The van der Waals surface area contributed by atoms with Gasteiger partial charge in [0.2, 0.25) is 9.84 Å². The van der Waals surface area contributed by atoms with E-state index < -0.39 is 21.7 Å². The van der Waals surface area contributed by atoms with Crippen LogP contribution < -0.4 is 0 Å². The Balaban J connectivity index is 1.97. The zero-order valence-electron chi connectivity index (χ0n) is 15.0. The third kappa shape index (κ3) is 4.07. The van der Waals surface area contributed by atoms with E-state index in [1.54, 1.807) is 31.2 Å². The fraction of sp³-hybridized carbons (Fsp3) is 0.158. The molecule has 146 valence electrons. The summed E-state index contributed by atoms with van der Waals surface area (Å²) >= 11 is 6.19. The van der Waals surface area contributed by atoms with Crippen molar-refractivity contribution in [1.29, 1.82) is 0 Å². The lowest BCUT2D eigenvalue weighted by molar-refractivity contribution is -0.138. The second kappa shape index (κ2) is 7.73. The third-order valence-electron chi connectivity index (χ3n) is 4.10. The summed E-state index contributed by atoms with van der Waals surface area (Å²) in [7, 11) is -3.77. The van der Waals surface area contributed by atoms with Crippen LogP contribution in [0.2, 0.25) is 5.15 Å². The molecule has 0 radical (unpaired) electrons. The number of H-pyrrole nitrogens is 1. The number of aryl methyl sites for hydroxylation is 1. The van der Waals surface area contributed by atoms with Gasteiger partial charge in [0.25, 0.3) is 0 Å². The molecule has 0 saturated carbocycles. The highest BCUT2D eigenvalue weighted by molar-refractivity contribution is 7.91. The van der Waals surface area contributed by atoms with Crippen molar-refractivity contribution >= 4 is 27.4 Å². The van der Waals surface area contributed by atoms with Gasteiger partial charge in [-0.3, -0.25) is 9.89 Å². The van der Waals surface area contributed by atoms with E-state index in [0.717, 1.165) is 6.92 Å². The topological polar surface area (TPSA) is 89.1 Å². The van der Waals surface area contributed by atoms with Gasteiger partial charge >= 0.3 is 5.97 Å². The molecule has 0 aliphatic rings. The number of hydrogen-bond acceptors (Lipinski definition) is 5. The van der Waals surface area contributed by atoms with E-state index in [9.17, 15) is 17.6 Å². The highest BCUT2D eigenvalue weighted by Gasteiger charge is 2.19. The SMILES string of the molecule is CC(=O)OCS(=O)(=O)c1ccc(-c2[nH]nc(Cl)c2-c2ccc(C)c(F)c2)cc1. The minimum atomic E-state index is -3.77. The van der Waals surface area contributed by atoms with Gasteiger partial charge in [-0.05, 0) is 36.2 Å². The van der Waals surface area contributed by atoms with E-state index in [1.807, 2.05) is 0 Å². The van der Waals surface area contributed by atoms with Crippen molar-refractivity contribution < 1.29 is 22.3 Å². The van der Waals surface area contributed by atoms with Gasteiger partial charge < -0.3 is 4.74 Å². The lowest BCUT2D eigenvalue weighted by atomic mass is 10.0. The zero-order chi connectivity index (χ0) is 20.5. The maximum Gasteiger partial charge on any atom is 0.303 e. The average molecular weight is 423 g/mol. The van der Waals surface area contributed by atoms with Crippen molar-refractivity contribution in [3.8, 4) is 22.4 Å². The van der Waals surface area contributed by atoms with Gasteiger partial charge in [0.15, 0.2) is 11.1 Å². The van der Waals surface area contributed by atoms with Crippen LogP contribution >= 0.6 is 11.6 Å².